The fourth-order valence-electron chi connectivity index (χ4n) is 2.15. The van der Waals surface area contributed by atoms with E-state index < -0.39 is 0 Å². The van der Waals surface area contributed by atoms with Gasteiger partial charge in [-0.3, -0.25) is 0 Å². The van der Waals surface area contributed by atoms with Gasteiger partial charge in [-0.05, 0) is 31.5 Å². The second kappa shape index (κ2) is 6.95. The molecule has 19 heavy (non-hydrogen) atoms. The highest BCUT2D eigenvalue weighted by atomic mass is 16.5. The molecule has 0 bridgehead atoms. The molecule has 2 aromatic rings. The second-order valence-electron chi connectivity index (χ2n) is 4.49. The number of ether oxygens (including phenoxy) is 1. The average Bonchev–Trinajstić information content (AvgIpc) is 2.46. The van der Waals surface area contributed by atoms with Crippen LogP contribution in [0, 0.1) is 0 Å². The molecule has 0 unspecified atom stereocenters. The van der Waals surface area contributed by atoms with Gasteiger partial charge >= 0.3 is 0 Å². The molecular weight excluding hydrogens is 238 g/mol. The van der Waals surface area contributed by atoms with Crippen molar-refractivity contribution >= 4 is 16.6 Å². The quantitative estimate of drug-likeness (QED) is 0.751. The van der Waals surface area contributed by atoms with E-state index in [2.05, 4.69) is 16.4 Å². The van der Waals surface area contributed by atoms with Crippen molar-refractivity contribution in [1.82, 2.24) is 4.98 Å². The summed E-state index contributed by atoms with van der Waals surface area (Å²) in [6, 6.07) is 8.00. The smallest absolute Gasteiger partial charge is 0.133 e. The highest BCUT2D eigenvalue weighted by Crippen LogP contribution is 2.28. The lowest BCUT2D eigenvalue weighted by atomic mass is 10.1. The number of rotatable bonds is 7. The largest absolute Gasteiger partial charge is 0.496 e. The van der Waals surface area contributed by atoms with Crippen molar-refractivity contribution in [2.75, 3.05) is 25.5 Å². The van der Waals surface area contributed by atoms with Crippen LogP contribution in [0.3, 0.4) is 0 Å². The lowest BCUT2D eigenvalue weighted by molar-refractivity contribution is 0.420. The van der Waals surface area contributed by atoms with Crippen LogP contribution >= 0.6 is 0 Å². The van der Waals surface area contributed by atoms with Crippen molar-refractivity contribution in [3.05, 3.63) is 30.5 Å². The van der Waals surface area contributed by atoms with E-state index in [0.29, 0.717) is 0 Å². The Kier molecular flexibility index (Phi) is 4.98. The molecule has 1 heterocycles. The van der Waals surface area contributed by atoms with Crippen molar-refractivity contribution in [3.8, 4) is 5.75 Å². The van der Waals surface area contributed by atoms with Crippen LogP contribution in [-0.4, -0.2) is 25.2 Å². The van der Waals surface area contributed by atoms with Crippen LogP contribution in [0.5, 0.6) is 5.75 Å². The topological polar surface area (TPSA) is 60.2 Å². The molecule has 0 atom stereocenters. The standard InChI is InChI=1S/C15H21N3O/c1-19-14-7-5-6-13-12(14)8-11-18-15(13)17-10-4-2-3-9-16/h5-8,11H,2-4,9-10,16H2,1H3,(H,17,18). The molecule has 0 aliphatic heterocycles. The summed E-state index contributed by atoms with van der Waals surface area (Å²) in [5.41, 5.74) is 5.48. The third-order valence-corrected chi connectivity index (χ3v) is 3.16. The molecule has 102 valence electrons. The number of fused-ring (bicyclic) bond motifs is 1. The maximum atomic E-state index is 5.48. The van der Waals surface area contributed by atoms with Crippen molar-refractivity contribution in [3.63, 3.8) is 0 Å². The average molecular weight is 259 g/mol. The summed E-state index contributed by atoms with van der Waals surface area (Å²) in [5.74, 6) is 1.80. The minimum atomic E-state index is 0.768. The minimum absolute atomic E-state index is 0.768. The Labute approximate surface area is 114 Å². The number of anilines is 1. The van der Waals surface area contributed by atoms with Crippen LogP contribution in [-0.2, 0) is 0 Å². The van der Waals surface area contributed by atoms with Gasteiger partial charge in [0.2, 0.25) is 0 Å². The molecule has 1 aromatic heterocycles. The lowest BCUT2D eigenvalue weighted by Gasteiger charge is -2.10. The van der Waals surface area contributed by atoms with Crippen molar-refractivity contribution < 1.29 is 4.74 Å². The van der Waals surface area contributed by atoms with Gasteiger partial charge in [0, 0.05) is 23.5 Å². The number of nitrogens with one attached hydrogen (secondary N) is 1. The maximum Gasteiger partial charge on any atom is 0.133 e. The molecule has 0 saturated heterocycles. The van der Waals surface area contributed by atoms with E-state index in [-0.39, 0.29) is 0 Å². The van der Waals surface area contributed by atoms with Gasteiger partial charge < -0.3 is 15.8 Å². The zero-order chi connectivity index (χ0) is 13.5. The van der Waals surface area contributed by atoms with E-state index in [4.69, 9.17) is 10.5 Å². The number of nitrogens with zero attached hydrogens (tertiary/aromatic N) is 1. The van der Waals surface area contributed by atoms with Crippen LogP contribution in [0.1, 0.15) is 19.3 Å². The Morgan fingerprint density at radius 2 is 2.05 bits per heavy atom. The van der Waals surface area contributed by atoms with E-state index in [1.807, 2.05) is 24.4 Å². The van der Waals surface area contributed by atoms with Gasteiger partial charge in [0.15, 0.2) is 0 Å². The zero-order valence-corrected chi connectivity index (χ0v) is 11.4. The van der Waals surface area contributed by atoms with Gasteiger partial charge in [0.1, 0.15) is 11.6 Å². The van der Waals surface area contributed by atoms with E-state index >= 15 is 0 Å². The first-order valence-corrected chi connectivity index (χ1v) is 6.72. The van der Waals surface area contributed by atoms with Crippen molar-refractivity contribution in [1.29, 1.82) is 0 Å². The summed E-state index contributed by atoms with van der Waals surface area (Å²) in [7, 11) is 1.69. The number of methoxy groups -OCH3 is 1. The Bertz CT molecular complexity index is 528. The Morgan fingerprint density at radius 3 is 2.84 bits per heavy atom. The number of aromatic nitrogens is 1. The first-order valence-electron chi connectivity index (χ1n) is 6.72. The number of pyridine rings is 1. The van der Waals surface area contributed by atoms with E-state index in [1.54, 1.807) is 7.11 Å². The summed E-state index contributed by atoms with van der Waals surface area (Å²) in [5, 5.41) is 5.58. The SMILES string of the molecule is COc1cccc2c(NCCCCCN)nccc12. The predicted octanol–water partition coefficient (Wildman–Crippen LogP) is 2.78. The molecule has 0 aliphatic rings. The Balaban J connectivity index is 2.10. The van der Waals surface area contributed by atoms with Gasteiger partial charge in [0.25, 0.3) is 0 Å². The molecule has 0 aliphatic carbocycles. The number of unbranched alkanes of at least 4 members (excludes halogenated alkanes) is 2. The summed E-state index contributed by atoms with van der Waals surface area (Å²) in [6.07, 6.45) is 5.16. The molecule has 3 N–H and O–H groups in total. The summed E-state index contributed by atoms with van der Waals surface area (Å²) in [4.78, 5) is 4.41. The van der Waals surface area contributed by atoms with Gasteiger partial charge in [0.05, 0.1) is 7.11 Å². The van der Waals surface area contributed by atoms with Crippen LogP contribution < -0.4 is 15.8 Å². The van der Waals surface area contributed by atoms with Crippen LogP contribution in [0.2, 0.25) is 0 Å². The molecule has 4 nitrogen and oxygen atoms in total. The molecule has 0 fully saturated rings. The first kappa shape index (κ1) is 13.6. The fourth-order valence-corrected chi connectivity index (χ4v) is 2.15. The van der Waals surface area contributed by atoms with Crippen LogP contribution in [0.15, 0.2) is 30.5 Å². The molecule has 0 radical (unpaired) electrons. The molecular formula is C15H21N3O. The van der Waals surface area contributed by atoms with Crippen molar-refractivity contribution in [2.45, 2.75) is 19.3 Å². The molecule has 4 heteroatoms. The monoisotopic (exact) mass is 259 g/mol. The van der Waals surface area contributed by atoms with E-state index in [0.717, 1.165) is 54.7 Å². The molecule has 2 rings (SSSR count). The van der Waals surface area contributed by atoms with Crippen LogP contribution in [0.25, 0.3) is 10.8 Å². The lowest BCUT2D eigenvalue weighted by Crippen LogP contribution is -2.05. The maximum absolute atomic E-state index is 5.48. The fraction of sp³-hybridized carbons (Fsp3) is 0.400. The number of benzene rings is 1. The summed E-state index contributed by atoms with van der Waals surface area (Å²) < 4.78 is 5.37. The minimum Gasteiger partial charge on any atom is -0.496 e. The van der Waals surface area contributed by atoms with Gasteiger partial charge in [-0.15, -0.1) is 0 Å². The van der Waals surface area contributed by atoms with Crippen LogP contribution in [0.4, 0.5) is 5.82 Å². The number of nitrogens with two attached hydrogens (primary N) is 1. The highest BCUT2D eigenvalue weighted by molar-refractivity contribution is 5.95. The predicted molar refractivity (Wildman–Crippen MR) is 79.7 cm³/mol. The third-order valence-electron chi connectivity index (χ3n) is 3.16. The normalized spacial score (nSPS) is 10.6. The number of hydrogen-bond donors (Lipinski definition) is 2. The van der Waals surface area contributed by atoms with E-state index in [1.165, 1.54) is 0 Å². The summed E-state index contributed by atoms with van der Waals surface area (Å²) in [6.45, 7) is 1.69. The van der Waals surface area contributed by atoms with E-state index in [9.17, 15) is 0 Å². The molecule has 0 spiro atoms. The first-order chi connectivity index (χ1) is 9.36. The molecule has 0 saturated carbocycles. The summed E-state index contributed by atoms with van der Waals surface area (Å²) >= 11 is 0. The number of hydrogen-bond acceptors (Lipinski definition) is 4. The van der Waals surface area contributed by atoms with Gasteiger partial charge in [-0.2, -0.15) is 0 Å². The molecule has 0 amide bonds. The second-order valence-corrected chi connectivity index (χ2v) is 4.49. The Hall–Kier alpha value is -1.81. The zero-order valence-electron chi connectivity index (χ0n) is 11.4. The molecule has 1 aromatic carbocycles. The third kappa shape index (κ3) is 3.35. The van der Waals surface area contributed by atoms with Gasteiger partial charge in [-0.25, -0.2) is 4.98 Å². The Morgan fingerprint density at radius 1 is 1.16 bits per heavy atom. The highest BCUT2D eigenvalue weighted by Gasteiger charge is 2.05. The van der Waals surface area contributed by atoms with Gasteiger partial charge in [-0.1, -0.05) is 18.6 Å². The van der Waals surface area contributed by atoms with Crippen molar-refractivity contribution in [2.24, 2.45) is 5.73 Å².